The van der Waals surface area contributed by atoms with Crippen molar-refractivity contribution in [2.45, 2.75) is 13.8 Å². The summed E-state index contributed by atoms with van der Waals surface area (Å²) in [6.45, 7) is 3.95. The van der Waals surface area contributed by atoms with Crippen molar-refractivity contribution in [1.29, 1.82) is 5.26 Å². The van der Waals surface area contributed by atoms with E-state index in [4.69, 9.17) is 0 Å². The number of hydrogen-bond donors (Lipinski definition) is 0. The first-order valence-corrected chi connectivity index (χ1v) is 7.53. The highest BCUT2D eigenvalue weighted by molar-refractivity contribution is 5.57. The van der Waals surface area contributed by atoms with Gasteiger partial charge in [0.15, 0.2) is 5.82 Å². The average molecular weight is 314 g/mol. The number of imidazole rings is 2. The van der Waals surface area contributed by atoms with Gasteiger partial charge in [0.1, 0.15) is 23.1 Å². The second-order valence-corrected chi connectivity index (χ2v) is 5.59. The molecule has 4 heterocycles. The van der Waals surface area contributed by atoms with Gasteiger partial charge in [-0.2, -0.15) is 5.26 Å². The molecule has 0 N–H and O–H groups in total. The third-order valence-corrected chi connectivity index (χ3v) is 3.92. The molecule has 116 valence electrons. The minimum Gasteiger partial charge on any atom is -0.294 e. The zero-order valence-electron chi connectivity index (χ0n) is 13.3. The van der Waals surface area contributed by atoms with Gasteiger partial charge in [0, 0.05) is 23.8 Å². The lowest BCUT2D eigenvalue weighted by molar-refractivity contribution is 0.977. The Balaban J connectivity index is 1.94. The standard InChI is InChI=1S/C18H14N6/c1-12-4-3-5-16(22-12)18-21-9-13(2)24(18)14-6-7-17-20-10-15(8-19)23(17)11-14/h3-7,9-11H,1-2H3. The lowest BCUT2D eigenvalue weighted by atomic mass is 10.3. The van der Waals surface area contributed by atoms with Crippen LogP contribution in [0.4, 0.5) is 0 Å². The third kappa shape index (κ3) is 2.15. The second kappa shape index (κ2) is 5.32. The van der Waals surface area contributed by atoms with Crippen molar-refractivity contribution < 1.29 is 0 Å². The van der Waals surface area contributed by atoms with E-state index < -0.39 is 0 Å². The van der Waals surface area contributed by atoms with Crippen LogP contribution in [0, 0.1) is 25.2 Å². The number of pyridine rings is 2. The fourth-order valence-electron chi connectivity index (χ4n) is 2.80. The Morgan fingerprint density at radius 1 is 1.04 bits per heavy atom. The van der Waals surface area contributed by atoms with Crippen molar-refractivity contribution in [2.75, 3.05) is 0 Å². The first kappa shape index (κ1) is 14.2. The van der Waals surface area contributed by atoms with Gasteiger partial charge in [-0.3, -0.25) is 8.97 Å². The van der Waals surface area contributed by atoms with E-state index in [1.807, 2.05) is 61.1 Å². The summed E-state index contributed by atoms with van der Waals surface area (Å²) >= 11 is 0. The Kier molecular flexibility index (Phi) is 3.14. The van der Waals surface area contributed by atoms with Crippen molar-refractivity contribution >= 4 is 5.65 Å². The number of nitriles is 1. The molecule has 0 aliphatic carbocycles. The molecule has 0 saturated carbocycles. The van der Waals surface area contributed by atoms with Crippen LogP contribution in [0.15, 0.2) is 48.9 Å². The molecule has 4 aromatic heterocycles. The van der Waals surface area contributed by atoms with Gasteiger partial charge >= 0.3 is 0 Å². The number of aromatic nitrogens is 5. The van der Waals surface area contributed by atoms with Gasteiger partial charge in [0.2, 0.25) is 0 Å². The van der Waals surface area contributed by atoms with Crippen molar-refractivity contribution in [3.8, 4) is 23.3 Å². The lowest BCUT2D eigenvalue weighted by Gasteiger charge is -2.11. The molecule has 4 aromatic rings. The molecule has 0 amide bonds. The highest BCUT2D eigenvalue weighted by atomic mass is 15.1. The molecule has 0 atom stereocenters. The van der Waals surface area contributed by atoms with E-state index in [-0.39, 0.29) is 0 Å². The molecular weight excluding hydrogens is 300 g/mol. The SMILES string of the molecule is Cc1cccc(-c2ncc(C)n2-c2ccc3ncc(C#N)n3c2)n1. The number of aryl methyl sites for hydroxylation is 2. The minimum atomic E-state index is 0.500. The van der Waals surface area contributed by atoms with E-state index in [0.717, 1.165) is 34.2 Å². The molecule has 0 radical (unpaired) electrons. The predicted octanol–water partition coefficient (Wildman–Crippen LogP) is 3.07. The average Bonchev–Trinajstić information content (AvgIpc) is 3.17. The number of fused-ring (bicyclic) bond motifs is 1. The normalized spacial score (nSPS) is 10.9. The van der Waals surface area contributed by atoms with Crippen LogP contribution in [-0.4, -0.2) is 23.9 Å². The van der Waals surface area contributed by atoms with Gasteiger partial charge in [-0.1, -0.05) is 6.07 Å². The Labute approximate surface area is 138 Å². The van der Waals surface area contributed by atoms with E-state index in [1.165, 1.54) is 0 Å². The van der Waals surface area contributed by atoms with E-state index in [1.54, 1.807) is 10.6 Å². The summed E-state index contributed by atoms with van der Waals surface area (Å²) in [6.07, 6.45) is 5.29. The maximum Gasteiger partial charge on any atom is 0.163 e. The predicted molar refractivity (Wildman–Crippen MR) is 89.7 cm³/mol. The zero-order chi connectivity index (χ0) is 16.7. The molecule has 4 rings (SSSR count). The van der Waals surface area contributed by atoms with Gasteiger partial charge in [0.25, 0.3) is 0 Å². The Morgan fingerprint density at radius 2 is 1.92 bits per heavy atom. The molecule has 0 fully saturated rings. The van der Waals surface area contributed by atoms with Crippen LogP contribution >= 0.6 is 0 Å². The summed E-state index contributed by atoms with van der Waals surface area (Å²) in [5.74, 6) is 0.772. The van der Waals surface area contributed by atoms with Crippen molar-refractivity contribution in [1.82, 2.24) is 23.9 Å². The van der Waals surface area contributed by atoms with Crippen molar-refractivity contribution in [3.05, 3.63) is 66.0 Å². The van der Waals surface area contributed by atoms with Crippen LogP contribution < -0.4 is 0 Å². The molecule has 0 aliphatic rings. The third-order valence-electron chi connectivity index (χ3n) is 3.92. The molecule has 0 spiro atoms. The van der Waals surface area contributed by atoms with E-state index in [0.29, 0.717) is 5.69 Å². The highest BCUT2D eigenvalue weighted by Crippen LogP contribution is 2.23. The number of hydrogen-bond acceptors (Lipinski definition) is 4. The Bertz CT molecular complexity index is 1100. The summed E-state index contributed by atoms with van der Waals surface area (Å²) < 4.78 is 3.81. The van der Waals surface area contributed by atoms with Gasteiger partial charge in [0.05, 0.1) is 11.9 Å². The zero-order valence-corrected chi connectivity index (χ0v) is 13.3. The minimum absolute atomic E-state index is 0.500. The first-order chi connectivity index (χ1) is 11.7. The lowest BCUT2D eigenvalue weighted by Crippen LogP contribution is -2.03. The van der Waals surface area contributed by atoms with Crippen molar-refractivity contribution in [2.24, 2.45) is 0 Å². The molecule has 0 bridgehead atoms. The quantitative estimate of drug-likeness (QED) is 0.570. The maximum absolute atomic E-state index is 9.22. The van der Waals surface area contributed by atoms with E-state index >= 15 is 0 Å². The fraction of sp³-hybridized carbons (Fsp3) is 0.111. The Hall–Kier alpha value is -3.46. The smallest absolute Gasteiger partial charge is 0.163 e. The van der Waals surface area contributed by atoms with E-state index in [2.05, 4.69) is 21.0 Å². The molecule has 6 nitrogen and oxygen atoms in total. The number of rotatable bonds is 2. The molecule has 24 heavy (non-hydrogen) atoms. The Morgan fingerprint density at radius 3 is 2.71 bits per heavy atom. The highest BCUT2D eigenvalue weighted by Gasteiger charge is 2.14. The van der Waals surface area contributed by atoms with Crippen LogP contribution in [0.3, 0.4) is 0 Å². The molecule has 0 aliphatic heterocycles. The molecule has 6 heteroatoms. The van der Waals surface area contributed by atoms with Gasteiger partial charge in [-0.05, 0) is 38.1 Å². The van der Waals surface area contributed by atoms with Crippen LogP contribution in [0.1, 0.15) is 17.1 Å². The first-order valence-electron chi connectivity index (χ1n) is 7.53. The van der Waals surface area contributed by atoms with Gasteiger partial charge in [-0.15, -0.1) is 0 Å². The second-order valence-electron chi connectivity index (χ2n) is 5.59. The number of nitrogens with zero attached hydrogens (tertiary/aromatic N) is 6. The van der Waals surface area contributed by atoms with Crippen LogP contribution in [0.25, 0.3) is 22.9 Å². The molecular formula is C18H14N6. The molecule has 0 unspecified atom stereocenters. The summed E-state index contributed by atoms with van der Waals surface area (Å²) in [7, 11) is 0. The van der Waals surface area contributed by atoms with Crippen LogP contribution in [0.2, 0.25) is 0 Å². The molecule has 0 saturated heterocycles. The van der Waals surface area contributed by atoms with Crippen LogP contribution in [-0.2, 0) is 0 Å². The summed E-state index contributed by atoms with van der Waals surface area (Å²) in [5, 5.41) is 9.22. The van der Waals surface area contributed by atoms with Gasteiger partial charge in [-0.25, -0.2) is 15.0 Å². The topological polar surface area (TPSA) is 71.8 Å². The maximum atomic E-state index is 9.22. The largest absolute Gasteiger partial charge is 0.294 e. The summed E-state index contributed by atoms with van der Waals surface area (Å²) in [6, 6.07) is 11.9. The molecule has 0 aromatic carbocycles. The van der Waals surface area contributed by atoms with E-state index in [9.17, 15) is 5.26 Å². The summed E-state index contributed by atoms with van der Waals surface area (Å²) in [4.78, 5) is 13.3. The fourth-order valence-corrected chi connectivity index (χ4v) is 2.80. The summed E-state index contributed by atoms with van der Waals surface area (Å²) in [5.41, 5.74) is 4.89. The monoisotopic (exact) mass is 314 g/mol. The van der Waals surface area contributed by atoms with Gasteiger partial charge < -0.3 is 0 Å². The van der Waals surface area contributed by atoms with Crippen LogP contribution in [0.5, 0.6) is 0 Å². The van der Waals surface area contributed by atoms with Crippen molar-refractivity contribution in [3.63, 3.8) is 0 Å².